The summed E-state index contributed by atoms with van der Waals surface area (Å²) in [6, 6.07) is 5.91. The van der Waals surface area contributed by atoms with Gasteiger partial charge in [0.2, 0.25) is 11.7 Å². The van der Waals surface area contributed by atoms with Gasteiger partial charge in [0.05, 0.1) is 30.1 Å². The lowest BCUT2D eigenvalue weighted by atomic mass is 9.82. The number of nitriles is 1. The van der Waals surface area contributed by atoms with Crippen molar-refractivity contribution in [2.45, 2.75) is 87.2 Å². The highest BCUT2D eigenvalue weighted by atomic mass is 19.4. The number of aromatic amines is 1. The lowest BCUT2D eigenvalue weighted by Crippen LogP contribution is -2.65. The van der Waals surface area contributed by atoms with Crippen LogP contribution in [0.1, 0.15) is 43.6 Å². The summed E-state index contributed by atoms with van der Waals surface area (Å²) in [4.78, 5) is 56.7. The maximum absolute atomic E-state index is 13.2. The molecule has 1 aliphatic heterocycles. The molecule has 34 heteroatoms. The topological polar surface area (TPSA) is 297 Å². The molecule has 5 heterocycles. The summed E-state index contributed by atoms with van der Waals surface area (Å²) in [7, 11) is 0. The van der Waals surface area contributed by atoms with Gasteiger partial charge in [0.25, 0.3) is 0 Å². The quantitative estimate of drug-likeness (QED) is 0.117. The van der Waals surface area contributed by atoms with E-state index in [4.69, 9.17) is 50.1 Å². The van der Waals surface area contributed by atoms with Crippen LogP contribution in [0.3, 0.4) is 0 Å². The molecular formula is C34H31F15N10O9. The average Bonchev–Trinajstić information content (AvgIpc) is 3.90. The van der Waals surface area contributed by atoms with E-state index in [2.05, 4.69) is 41.0 Å². The van der Waals surface area contributed by atoms with E-state index >= 15 is 0 Å². The van der Waals surface area contributed by atoms with Crippen LogP contribution in [0.2, 0.25) is 0 Å². The number of H-pyrrole nitrogens is 1. The van der Waals surface area contributed by atoms with E-state index in [1.165, 1.54) is 12.4 Å². The number of aliphatic carboxylic acids is 4. The minimum absolute atomic E-state index is 0.0828. The number of halogens is 15. The average molecular weight is 1010 g/mol. The molecule has 2 fully saturated rings. The second kappa shape index (κ2) is 22.6. The van der Waals surface area contributed by atoms with Gasteiger partial charge < -0.3 is 35.9 Å². The predicted octanol–water partition coefficient (Wildman–Crippen LogP) is 5.94. The lowest BCUT2D eigenvalue weighted by Gasteiger charge is -2.53. The highest BCUT2D eigenvalue weighted by molar-refractivity contribution is 5.90. The van der Waals surface area contributed by atoms with Crippen molar-refractivity contribution in [3.8, 4) is 23.2 Å². The van der Waals surface area contributed by atoms with Gasteiger partial charge in [-0.1, -0.05) is 0 Å². The molecule has 0 bridgehead atoms. The van der Waals surface area contributed by atoms with Crippen molar-refractivity contribution in [3.05, 3.63) is 48.6 Å². The van der Waals surface area contributed by atoms with Crippen molar-refractivity contribution in [1.82, 2.24) is 39.6 Å². The van der Waals surface area contributed by atoms with E-state index in [1.54, 1.807) is 6.20 Å². The summed E-state index contributed by atoms with van der Waals surface area (Å²) < 4.78 is 174. The molecule has 0 aromatic carbocycles. The number of alkyl halides is 15. The van der Waals surface area contributed by atoms with Crippen LogP contribution in [0.5, 0.6) is 5.88 Å². The highest BCUT2D eigenvalue weighted by Crippen LogP contribution is 2.39. The Morgan fingerprint density at radius 2 is 1.28 bits per heavy atom. The van der Waals surface area contributed by atoms with Crippen molar-refractivity contribution in [3.63, 3.8) is 0 Å². The first-order valence-electron chi connectivity index (χ1n) is 18.0. The summed E-state index contributed by atoms with van der Waals surface area (Å²) in [6.07, 6.45) is -14.9. The largest absolute Gasteiger partial charge is 0.490 e. The number of nitrogens with zero attached hydrogens (tertiary/aromatic N) is 8. The fourth-order valence-corrected chi connectivity index (χ4v) is 5.72. The Hall–Kier alpha value is -7.05. The van der Waals surface area contributed by atoms with Gasteiger partial charge in [-0.3, -0.25) is 9.58 Å². The number of carbonyl (C=O) groups is 4. The van der Waals surface area contributed by atoms with Crippen molar-refractivity contribution in [2.24, 2.45) is 5.73 Å². The number of hydrogen-bond donors (Lipinski definition) is 6. The van der Waals surface area contributed by atoms with E-state index in [1.807, 2.05) is 23.1 Å². The van der Waals surface area contributed by atoms with Gasteiger partial charge >= 0.3 is 54.8 Å². The van der Waals surface area contributed by atoms with Crippen LogP contribution >= 0.6 is 0 Å². The molecule has 376 valence electrons. The molecule has 6 rings (SSSR count). The van der Waals surface area contributed by atoms with Crippen molar-refractivity contribution < 1.29 is 110 Å². The van der Waals surface area contributed by atoms with Crippen LogP contribution < -0.4 is 10.5 Å². The Balaban J connectivity index is 0.000000460. The molecular weight excluding hydrogens is 977 g/mol. The molecule has 0 spiro atoms. The first-order valence-corrected chi connectivity index (χ1v) is 18.0. The SMILES string of the molecule is N#CCC1(n2cc(-c3ncnc4[nH]ccc34)cn2)CN([C@H]2CC[C@@H](Oc3cc(CN)nc(C(F)(F)F)n3)CC2)C1.O=C(O)C(F)(F)F.O=C(O)C(F)(F)F.O=C(O)C(F)(F)F.O=C(O)C(F)(F)F. The smallest absolute Gasteiger partial charge is 0.475 e. The Labute approximate surface area is 368 Å². The molecule has 19 nitrogen and oxygen atoms in total. The number of nitrogens with one attached hydrogen (secondary N) is 1. The number of nitrogens with two attached hydrogens (primary N) is 1. The Morgan fingerprint density at radius 1 is 0.794 bits per heavy atom. The maximum atomic E-state index is 13.2. The number of hydrogen-bond acceptors (Lipinski definition) is 13. The van der Waals surface area contributed by atoms with Crippen LogP contribution in [-0.2, 0) is 37.4 Å². The van der Waals surface area contributed by atoms with Crippen LogP contribution in [0.4, 0.5) is 65.9 Å². The summed E-state index contributed by atoms with van der Waals surface area (Å²) >= 11 is 0. The molecule has 1 saturated carbocycles. The first-order chi connectivity index (χ1) is 31.0. The van der Waals surface area contributed by atoms with Crippen LogP contribution in [0.15, 0.2) is 37.1 Å². The third-order valence-electron chi connectivity index (χ3n) is 8.73. The molecule has 4 aromatic rings. The van der Waals surface area contributed by atoms with Crippen molar-refractivity contribution >= 4 is 34.9 Å². The third-order valence-corrected chi connectivity index (χ3v) is 8.73. The first kappa shape index (κ1) is 57.1. The molecule has 1 saturated heterocycles. The molecule has 0 amide bonds. The summed E-state index contributed by atoms with van der Waals surface area (Å²) in [5.41, 5.74) is 7.56. The molecule has 7 N–H and O–H groups in total. The van der Waals surface area contributed by atoms with Crippen molar-refractivity contribution in [2.75, 3.05) is 13.1 Å². The zero-order valence-corrected chi connectivity index (χ0v) is 33.4. The minimum atomic E-state index is -5.08. The Kier molecular flexibility index (Phi) is 19.0. The Morgan fingerprint density at radius 3 is 1.71 bits per heavy atom. The molecule has 1 aliphatic carbocycles. The number of carboxylic acids is 4. The van der Waals surface area contributed by atoms with Gasteiger partial charge in [-0.2, -0.15) is 81.2 Å². The predicted molar refractivity (Wildman–Crippen MR) is 191 cm³/mol. The van der Waals surface area contributed by atoms with E-state index in [-0.39, 0.29) is 24.2 Å². The maximum Gasteiger partial charge on any atom is 0.490 e. The van der Waals surface area contributed by atoms with E-state index in [9.17, 15) is 71.1 Å². The van der Waals surface area contributed by atoms with Crippen LogP contribution in [0.25, 0.3) is 22.3 Å². The second-order valence-corrected chi connectivity index (χ2v) is 13.6. The normalized spacial score (nSPS) is 17.1. The molecule has 68 heavy (non-hydrogen) atoms. The third kappa shape index (κ3) is 17.0. The van der Waals surface area contributed by atoms with E-state index < -0.39 is 66.1 Å². The zero-order chi connectivity index (χ0) is 52.2. The van der Waals surface area contributed by atoms with Crippen LogP contribution in [-0.4, -0.2) is 134 Å². The number of aromatic nitrogens is 7. The van der Waals surface area contributed by atoms with Gasteiger partial charge in [-0.05, 0) is 31.7 Å². The second-order valence-electron chi connectivity index (χ2n) is 13.6. The molecule has 0 unspecified atom stereocenters. The van der Waals surface area contributed by atoms with Gasteiger partial charge in [-0.15, -0.1) is 0 Å². The van der Waals surface area contributed by atoms with Gasteiger partial charge in [0.15, 0.2) is 0 Å². The number of likely N-dealkylation sites (tertiary alicyclic amines) is 1. The molecule has 2 aliphatic rings. The number of rotatable bonds is 7. The summed E-state index contributed by atoms with van der Waals surface area (Å²) in [5.74, 6) is -12.4. The fourth-order valence-electron chi connectivity index (χ4n) is 5.72. The van der Waals surface area contributed by atoms with E-state index in [0.717, 1.165) is 35.1 Å². The Bertz CT molecular complexity index is 2280. The number of carboxylic acid groups (broad SMARTS) is 4. The lowest BCUT2D eigenvalue weighted by molar-refractivity contribution is -0.193. The number of fused-ring (bicyclic) bond motifs is 1. The molecule has 4 aromatic heterocycles. The fraction of sp³-hybridized carbons (Fsp3) is 0.471. The van der Waals surface area contributed by atoms with Gasteiger partial charge in [0.1, 0.15) is 23.6 Å². The molecule has 0 atom stereocenters. The number of ether oxygens (including phenoxy) is 1. The summed E-state index contributed by atoms with van der Waals surface area (Å²) in [5, 5.41) is 43.6. The van der Waals surface area contributed by atoms with Gasteiger partial charge in [0, 0.05) is 55.1 Å². The molecule has 0 radical (unpaired) electrons. The van der Waals surface area contributed by atoms with Crippen LogP contribution in [0, 0.1) is 11.3 Å². The standard InChI is InChI=1S/C26H27F3N10O.4C2HF3O2/c27-26(28,29)24-36-17(10-31)9-21(37-24)40-19-3-1-18(2-4-19)38-13-25(14-38,6-7-30)39-12-16(11-35-39)22-20-5-8-32-23(20)34-15-33-22;4*3-2(4,5)1(6)7/h5,8-9,11-12,15,18-19H,1-4,6,10,13-14,31H2,(H,32,33,34);4*(H,6,7)/t18-,19+;;;;. The summed E-state index contributed by atoms with van der Waals surface area (Å²) in [6.45, 7) is 1.23. The highest BCUT2D eigenvalue weighted by Gasteiger charge is 2.48. The minimum Gasteiger partial charge on any atom is -0.475 e. The van der Waals surface area contributed by atoms with Crippen molar-refractivity contribution in [1.29, 1.82) is 5.26 Å². The zero-order valence-electron chi connectivity index (χ0n) is 33.4. The van der Waals surface area contributed by atoms with E-state index in [0.29, 0.717) is 38.4 Å². The van der Waals surface area contributed by atoms with Gasteiger partial charge in [-0.25, -0.2) is 34.1 Å². The monoisotopic (exact) mass is 1010 g/mol.